The number of nitrogens with zero attached hydrogens (tertiary/aromatic N) is 1. The number of aromatic nitrogens is 1. The Morgan fingerprint density at radius 2 is 1.89 bits per heavy atom. The van der Waals surface area contributed by atoms with Crippen LogP contribution in [-0.2, 0) is 4.79 Å². The van der Waals surface area contributed by atoms with Gasteiger partial charge in [0.1, 0.15) is 5.75 Å². The van der Waals surface area contributed by atoms with E-state index in [4.69, 9.17) is 4.74 Å². The third-order valence-corrected chi connectivity index (χ3v) is 4.62. The quantitative estimate of drug-likeness (QED) is 0.548. The monoisotopic (exact) mass is 378 g/mol. The van der Waals surface area contributed by atoms with Crippen LogP contribution in [0.5, 0.6) is 5.75 Å². The van der Waals surface area contributed by atoms with Crippen LogP contribution >= 0.6 is 11.3 Å². The smallest absolute Gasteiger partial charge is 0.250 e. The Kier molecular flexibility index (Phi) is 6.39. The van der Waals surface area contributed by atoms with Crippen LogP contribution in [0.4, 0.5) is 5.13 Å². The molecule has 1 amide bonds. The lowest BCUT2D eigenvalue weighted by atomic mass is 10.1. The number of hydrogen-bond donors (Lipinski definition) is 1. The molecule has 0 aliphatic rings. The molecular weight excluding hydrogens is 356 g/mol. The normalized spacial score (nSPS) is 10.9. The fourth-order valence-electron chi connectivity index (χ4n) is 2.40. The van der Waals surface area contributed by atoms with E-state index in [0.717, 1.165) is 29.0 Å². The summed E-state index contributed by atoms with van der Waals surface area (Å²) in [5, 5.41) is 5.34. The molecule has 3 rings (SSSR count). The van der Waals surface area contributed by atoms with Crippen molar-refractivity contribution in [1.29, 1.82) is 0 Å². The molecule has 0 aliphatic carbocycles. The van der Waals surface area contributed by atoms with Crippen molar-refractivity contribution < 1.29 is 9.53 Å². The summed E-state index contributed by atoms with van der Waals surface area (Å²) in [6.07, 6.45) is 4.26. The van der Waals surface area contributed by atoms with Crippen molar-refractivity contribution in [3.8, 4) is 17.0 Å². The molecule has 0 fully saturated rings. The second kappa shape index (κ2) is 9.14. The SMILES string of the molecule is CCCOc1ccc(C=CC(=O)Nc2nc(-c3ccc(C)cc3)cs2)cc1. The number of carbonyl (C=O) groups excluding carboxylic acids is 1. The molecule has 1 N–H and O–H groups in total. The summed E-state index contributed by atoms with van der Waals surface area (Å²) in [6.45, 7) is 4.83. The van der Waals surface area contributed by atoms with Gasteiger partial charge in [-0.3, -0.25) is 10.1 Å². The third kappa shape index (κ3) is 5.53. The largest absolute Gasteiger partial charge is 0.494 e. The van der Waals surface area contributed by atoms with Crippen LogP contribution < -0.4 is 10.1 Å². The minimum absolute atomic E-state index is 0.203. The van der Waals surface area contributed by atoms with Gasteiger partial charge in [0.15, 0.2) is 5.13 Å². The van der Waals surface area contributed by atoms with Gasteiger partial charge in [-0.25, -0.2) is 4.98 Å². The van der Waals surface area contributed by atoms with Gasteiger partial charge in [0.25, 0.3) is 0 Å². The first-order chi connectivity index (χ1) is 13.1. The zero-order valence-electron chi connectivity index (χ0n) is 15.4. The van der Waals surface area contributed by atoms with Gasteiger partial charge in [0.2, 0.25) is 5.91 Å². The van der Waals surface area contributed by atoms with Gasteiger partial charge in [0, 0.05) is 17.0 Å². The second-order valence-electron chi connectivity index (χ2n) is 6.14. The van der Waals surface area contributed by atoms with Crippen LogP contribution in [-0.4, -0.2) is 17.5 Å². The second-order valence-corrected chi connectivity index (χ2v) is 7.00. The van der Waals surface area contributed by atoms with Gasteiger partial charge in [0.05, 0.1) is 12.3 Å². The summed E-state index contributed by atoms with van der Waals surface area (Å²) in [4.78, 5) is 16.6. The van der Waals surface area contributed by atoms with E-state index < -0.39 is 0 Å². The van der Waals surface area contributed by atoms with Crippen LogP contribution in [0.1, 0.15) is 24.5 Å². The molecular formula is C22H22N2O2S. The van der Waals surface area contributed by atoms with Crippen LogP contribution in [0.2, 0.25) is 0 Å². The highest BCUT2D eigenvalue weighted by Crippen LogP contribution is 2.25. The minimum atomic E-state index is -0.203. The number of anilines is 1. The van der Waals surface area contributed by atoms with Crippen LogP contribution in [0, 0.1) is 6.92 Å². The average Bonchev–Trinajstić information content (AvgIpc) is 3.14. The number of nitrogens with one attached hydrogen (secondary N) is 1. The lowest BCUT2D eigenvalue weighted by molar-refractivity contribution is -0.111. The van der Waals surface area contributed by atoms with Crippen molar-refractivity contribution in [1.82, 2.24) is 4.98 Å². The van der Waals surface area contributed by atoms with E-state index >= 15 is 0 Å². The Bertz CT molecular complexity index is 912. The molecule has 0 radical (unpaired) electrons. The van der Waals surface area contributed by atoms with Gasteiger partial charge < -0.3 is 4.74 Å². The lowest BCUT2D eigenvalue weighted by Crippen LogP contribution is -2.07. The van der Waals surface area contributed by atoms with Gasteiger partial charge in [-0.1, -0.05) is 48.9 Å². The number of ether oxygens (including phenoxy) is 1. The molecule has 2 aromatic carbocycles. The number of amides is 1. The number of rotatable bonds is 7. The molecule has 0 saturated carbocycles. The van der Waals surface area contributed by atoms with Gasteiger partial charge in [-0.05, 0) is 37.1 Å². The zero-order chi connectivity index (χ0) is 19.1. The Morgan fingerprint density at radius 1 is 1.15 bits per heavy atom. The highest BCUT2D eigenvalue weighted by Gasteiger charge is 2.06. The highest BCUT2D eigenvalue weighted by molar-refractivity contribution is 7.14. The van der Waals surface area contributed by atoms with E-state index in [1.807, 2.05) is 53.9 Å². The summed E-state index contributed by atoms with van der Waals surface area (Å²) in [6, 6.07) is 15.8. The molecule has 0 aliphatic heterocycles. The van der Waals surface area contributed by atoms with Crippen molar-refractivity contribution in [2.24, 2.45) is 0 Å². The van der Waals surface area contributed by atoms with E-state index in [1.165, 1.54) is 23.0 Å². The molecule has 0 saturated heterocycles. The molecule has 27 heavy (non-hydrogen) atoms. The third-order valence-electron chi connectivity index (χ3n) is 3.86. The van der Waals surface area contributed by atoms with Crippen molar-refractivity contribution in [3.63, 3.8) is 0 Å². The molecule has 4 nitrogen and oxygen atoms in total. The Morgan fingerprint density at radius 3 is 2.59 bits per heavy atom. The van der Waals surface area contributed by atoms with Crippen molar-refractivity contribution in [2.45, 2.75) is 20.3 Å². The first-order valence-electron chi connectivity index (χ1n) is 8.88. The average molecular weight is 378 g/mol. The maximum atomic E-state index is 12.1. The van der Waals surface area contributed by atoms with Crippen LogP contribution in [0.15, 0.2) is 60.0 Å². The lowest BCUT2D eigenvalue weighted by Gasteiger charge is -2.04. The molecule has 138 valence electrons. The molecule has 3 aromatic rings. The predicted molar refractivity (Wildman–Crippen MR) is 112 cm³/mol. The fraction of sp³-hybridized carbons (Fsp3) is 0.182. The molecule has 1 aromatic heterocycles. The summed E-state index contributed by atoms with van der Waals surface area (Å²) < 4.78 is 5.55. The Balaban J connectivity index is 1.57. The van der Waals surface area contributed by atoms with E-state index in [9.17, 15) is 4.79 Å². The molecule has 0 atom stereocenters. The van der Waals surface area contributed by atoms with E-state index in [0.29, 0.717) is 11.7 Å². The standard InChI is InChI=1S/C22H22N2O2S/c1-3-14-26-19-11-6-17(7-12-19)8-13-21(25)24-22-23-20(15-27-22)18-9-4-16(2)5-10-18/h4-13,15H,3,14H2,1-2H3,(H,23,24,25). The van der Waals surface area contributed by atoms with Crippen LogP contribution in [0.3, 0.4) is 0 Å². The first-order valence-corrected chi connectivity index (χ1v) is 9.76. The summed E-state index contributed by atoms with van der Waals surface area (Å²) >= 11 is 1.41. The van der Waals surface area contributed by atoms with Crippen molar-refractivity contribution in [3.05, 3.63) is 71.1 Å². The van der Waals surface area contributed by atoms with Crippen LogP contribution in [0.25, 0.3) is 17.3 Å². The van der Waals surface area contributed by atoms with Gasteiger partial charge >= 0.3 is 0 Å². The molecule has 0 bridgehead atoms. The van der Waals surface area contributed by atoms with Crippen molar-refractivity contribution in [2.75, 3.05) is 11.9 Å². The topological polar surface area (TPSA) is 51.2 Å². The molecule has 1 heterocycles. The summed E-state index contributed by atoms with van der Waals surface area (Å²) in [7, 11) is 0. The molecule has 0 spiro atoms. The van der Waals surface area contributed by atoms with E-state index in [-0.39, 0.29) is 5.91 Å². The maximum absolute atomic E-state index is 12.1. The number of thiazole rings is 1. The minimum Gasteiger partial charge on any atom is -0.494 e. The van der Waals surface area contributed by atoms with Crippen molar-refractivity contribution >= 4 is 28.5 Å². The number of benzene rings is 2. The first kappa shape index (κ1) is 18.9. The number of carbonyl (C=O) groups is 1. The van der Waals surface area contributed by atoms with E-state index in [1.54, 1.807) is 6.08 Å². The highest BCUT2D eigenvalue weighted by atomic mass is 32.1. The molecule has 0 unspecified atom stereocenters. The van der Waals surface area contributed by atoms with E-state index in [2.05, 4.69) is 24.1 Å². The van der Waals surface area contributed by atoms with Gasteiger partial charge in [-0.2, -0.15) is 0 Å². The number of aryl methyl sites for hydroxylation is 1. The van der Waals surface area contributed by atoms with Gasteiger partial charge in [-0.15, -0.1) is 11.3 Å². The summed E-state index contributed by atoms with van der Waals surface area (Å²) in [5.74, 6) is 0.635. The Hall–Kier alpha value is -2.92. The molecule has 5 heteroatoms. The Labute approximate surface area is 163 Å². The number of hydrogen-bond acceptors (Lipinski definition) is 4. The maximum Gasteiger partial charge on any atom is 0.250 e. The fourth-order valence-corrected chi connectivity index (χ4v) is 3.12. The predicted octanol–water partition coefficient (Wildman–Crippen LogP) is 5.56. The summed E-state index contributed by atoms with van der Waals surface area (Å²) in [5.41, 5.74) is 4.05. The zero-order valence-corrected chi connectivity index (χ0v) is 16.3.